The Balaban J connectivity index is 1.66. The first-order valence-electron chi connectivity index (χ1n) is 7.60. The molecule has 4 nitrogen and oxygen atoms in total. The average Bonchev–Trinajstić information content (AvgIpc) is 2.97. The van der Waals surface area contributed by atoms with Crippen molar-refractivity contribution in [1.29, 1.82) is 0 Å². The Kier molecular flexibility index (Phi) is 3.55. The molecule has 0 bridgehead atoms. The standard InChI is InChI=1S/C16H18BrN3O/c17-10-4-5-13-12(8-10)16(19-9-18-13)20-14-2-1-3-15-11(14)6-7-21-15/h4-5,8-9,11,14-15H,1-3,6-7H2,(H,18,19,20). The number of hydrogen-bond acceptors (Lipinski definition) is 4. The summed E-state index contributed by atoms with van der Waals surface area (Å²) in [7, 11) is 0. The molecule has 2 aliphatic rings. The maximum atomic E-state index is 5.85. The molecule has 0 amide bonds. The van der Waals surface area contributed by atoms with Crippen LogP contribution in [0.2, 0.25) is 0 Å². The Labute approximate surface area is 132 Å². The summed E-state index contributed by atoms with van der Waals surface area (Å²) in [4.78, 5) is 8.82. The molecule has 4 rings (SSSR count). The largest absolute Gasteiger partial charge is 0.378 e. The van der Waals surface area contributed by atoms with Gasteiger partial charge in [0.1, 0.15) is 12.1 Å². The molecular formula is C16H18BrN3O. The maximum Gasteiger partial charge on any atom is 0.137 e. The molecule has 1 saturated heterocycles. The molecule has 1 N–H and O–H groups in total. The van der Waals surface area contributed by atoms with Crippen LogP contribution >= 0.6 is 15.9 Å². The Morgan fingerprint density at radius 2 is 2.14 bits per heavy atom. The summed E-state index contributed by atoms with van der Waals surface area (Å²) >= 11 is 3.53. The van der Waals surface area contributed by atoms with Gasteiger partial charge in [0.2, 0.25) is 0 Å². The van der Waals surface area contributed by atoms with Crippen molar-refractivity contribution in [3.05, 3.63) is 29.0 Å². The molecule has 2 fully saturated rings. The third kappa shape index (κ3) is 2.53. The van der Waals surface area contributed by atoms with E-state index in [1.54, 1.807) is 6.33 Å². The number of nitrogens with zero attached hydrogens (tertiary/aromatic N) is 2. The van der Waals surface area contributed by atoms with E-state index in [1.165, 1.54) is 19.3 Å². The number of halogens is 1. The van der Waals surface area contributed by atoms with Crippen LogP contribution in [0.3, 0.4) is 0 Å². The first-order chi connectivity index (χ1) is 10.3. The highest BCUT2D eigenvalue weighted by molar-refractivity contribution is 9.10. The number of nitrogens with one attached hydrogen (secondary N) is 1. The summed E-state index contributed by atoms with van der Waals surface area (Å²) in [5, 5.41) is 4.75. The lowest BCUT2D eigenvalue weighted by atomic mass is 9.82. The monoisotopic (exact) mass is 347 g/mol. The van der Waals surface area contributed by atoms with Crippen LogP contribution in [-0.2, 0) is 4.74 Å². The van der Waals surface area contributed by atoms with Crippen molar-refractivity contribution >= 4 is 32.7 Å². The number of anilines is 1. The number of ether oxygens (including phenoxy) is 1. The van der Waals surface area contributed by atoms with Crippen LogP contribution in [0.15, 0.2) is 29.0 Å². The molecule has 3 atom stereocenters. The number of hydrogen-bond donors (Lipinski definition) is 1. The molecule has 110 valence electrons. The van der Waals surface area contributed by atoms with E-state index in [1.807, 2.05) is 12.1 Å². The lowest BCUT2D eigenvalue weighted by molar-refractivity contribution is 0.0620. The smallest absolute Gasteiger partial charge is 0.137 e. The minimum Gasteiger partial charge on any atom is -0.378 e. The highest BCUT2D eigenvalue weighted by Crippen LogP contribution is 2.36. The SMILES string of the molecule is Brc1ccc2ncnc(NC3CCCC4OCCC34)c2c1. The second-order valence-electron chi connectivity index (χ2n) is 5.93. The van der Waals surface area contributed by atoms with Crippen molar-refractivity contribution in [3.63, 3.8) is 0 Å². The van der Waals surface area contributed by atoms with Crippen molar-refractivity contribution in [1.82, 2.24) is 9.97 Å². The van der Waals surface area contributed by atoms with E-state index in [2.05, 4.69) is 37.3 Å². The number of benzene rings is 1. The van der Waals surface area contributed by atoms with Crippen molar-refractivity contribution in [2.75, 3.05) is 11.9 Å². The third-order valence-corrected chi connectivity index (χ3v) is 5.19. The lowest BCUT2D eigenvalue weighted by Gasteiger charge is -2.33. The summed E-state index contributed by atoms with van der Waals surface area (Å²) in [5.74, 6) is 1.56. The molecule has 0 spiro atoms. The van der Waals surface area contributed by atoms with E-state index >= 15 is 0 Å². The van der Waals surface area contributed by atoms with Gasteiger partial charge in [0.15, 0.2) is 0 Å². The van der Waals surface area contributed by atoms with Crippen molar-refractivity contribution in [2.45, 2.75) is 37.8 Å². The van der Waals surface area contributed by atoms with Crippen LogP contribution < -0.4 is 5.32 Å². The molecule has 3 unspecified atom stereocenters. The molecule has 1 aromatic heterocycles. The number of rotatable bonds is 2. The van der Waals surface area contributed by atoms with Crippen LogP contribution in [0.4, 0.5) is 5.82 Å². The lowest BCUT2D eigenvalue weighted by Crippen LogP contribution is -2.38. The van der Waals surface area contributed by atoms with Gasteiger partial charge in [-0.05, 0) is 43.9 Å². The van der Waals surface area contributed by atoms with E-state index in [0.29, 0.717) is 18.1 Å². The van der Waals surface area contributed by atoms with Crippen molar-refractivity contribution < 1.29 is 4.74 Å². The van der Waals surface area contributed by atoms with E-state index in [9.17, 15) is 0 Å². The van der Waals surface area contributed by atoms with Gasteiger partial charge in [-0.15, -0.1) is 0 Å². The van der Waals surface area contributed by atoms with Gasteiger partial charge >= 0.3 is 0 Å². The van der Waals surface area contributed by atoms with E-state index in [-0.39, 0.29) is 0 Å². The summed E-state index contributed by atoms with van der Waals surface area (Å²) in [5.41, 5.74) is 0.978. The first-order valence-corrected chi connectivity index (χ1v) is 8.39. The summed E-state index contributed by atoms with van der Waals surface area (Å²) in [6.07, 6.45) is 6.88. The average molecular weight is 348 g/mol. The fourth-order valence-electron chi connectivity index (χ4n) is 3.67. The predicted molar refractivity (Wildman–Crippen MR) is 86.3 cm³/mol. The fourth-order valence-corrected chi connectivity index (χ4v) is 4.04. The van der Waals surface area contributed by atoms with Crippen molar-refractivity contribution in [3.8, 4) is 0 Å². The van der Waals surface area contributed by atoms with Crippen molar-refractivity contribution in [2.24, 2.45) is 5.92 Å². The number of fused-ring (bicyclic) bond motifs is 2. The van der Waals surface area contributed by atoms with Crippen LogP contribution in [0, 0.1) is 5.92 Å². The van der Waals surface area contributed by atoms with Crippen LogP contribution in [0.5, 0.6) is 0 Å². The van der Waals surface area contributed by atoms with E-state index in [0.717, 1.165) is 34.2 Å². The summed E-state index contributed by atoms with van der Waals surface area (Å²) in [6, 6.07) is 6.58. The van der Waals surface area contributed by atoms with Gasteiger partial charge in [-0.1, -0.05) is 15.9 Å². The Morgan fingerprint density at radius 1 is 1.19 bits per heavy atom. The number of aromatic nitrogens is 2. The molecule has 21 heavy (non-hydrogen) atoms. The van der Waals surface area contributed by atoms with Gasteiger partial charge in [-0.2, -0.15) is 0 Å². The highest BCUT2D eigenvalue weighted by atomic mass is 79.9. The summed E-state index contributed by atoms with van der Waals surface area (Å²) in [6.45, 7) is 0.906. The topological polar surface area (TPSA) is 47.0 Å². The molecule has 1 aromatic carbocycles. The minimum atomic E-state index is 0.441. The second kappa shape index (κ2) is 5.54. The zero-order valence-corrected chi connectivity index (χ0v) is 13.3. The second-order valence-corrected chi connectivity index (χ2v) is 6.84. The molecule has 2 heterocycles. The van der Waals surface area contributed by atoms with Gasteiger partial charge < -0.3 is 10.1 Å². The molecule has 1 aliphatic carbocycles. The van der Waals surface area contributed by atoms with Gasteiger partial charge in [-0.3, -0.25) is 0 Å². The quantitative estimate of drug-likeness (QED) is 0.898. The Hall–Kier alpha value is -1.20. The highest BCUT2D eigenvalue weighted by Gasteiger charge is 2.37. The van der Waals surface area contributed by atoms with Gasteiger partial charge in [0.25, 0.3) is 0 Å². The molecular weight excluding hydrogens is 330 g/mol. The van der Waals surface area contributed by atoms with E-state index in [4.69, 9.17) is 4.74 Å². The van der Waals surface area contributed by atoms with Crippen LogP contribution in [-0.4, -0.2) is 28.7 Å². The Bertz CT molecular complexity index is 663. The first kappa shape index (κ1) is 13.5. The zero-order valence-electron chi connectivity index (χ0n) is 11.8. The van der Waals surface area contributed by atoms with E-state index < -0.39 is 0 Å². The molecule has 0 radical (unpaired) electrons. The molecule has 2 aromatic rings. The van der Waals surface area contributed by atoms with Crippen LogP contribution in [0.1, 0.15) is 25.7 Å². The minimum absolute atomic E-state index is 0.441. The summed E-state index contributed by atoms with van der Waals surface area (Å²) < 4.78 is 6.91. The normalized spacial score (nSPS) is 28.5. The van der Waals surface area contributed by atoms with Crippen LogP contribution in [0.25, 0.3) is 10.9 Å². The maximum absolute atomic E-state index is 5.85. The Morgan fingerprint density at radius 3 is 3.10 bits per heavy atom. The molecule has 5 heteroatoms. The van der Waals surface area contributed by atoms with Gasteiger partial charge in [0, 0.05) is 28.4 Å². The third-order valence-electron chi connectivity index (χ3n) is 4.70. The zero-order chi connectivity index (χ0) is 14.2. The fraction of sp³-hybridized carbons (Fsp3) is 0.500. The van der Waals surface area contributed by atoms with Gasteiger partial charge in [0.05, 0.1) is 11.6 Å². The molecule has 1 aliphatic heterocycles. The predicted octanol–water partition coefficient (Wildman–Crippen LogP) is 3.76. The molecule has 1 saturated carbocycles. The van der Waals surface area contributed by atoms with Gasteiger partial charge in [-0.25, -0.2) is 9.97 Å².